The molecule has 1 N–H and O–H groups in total. The molecule has 2 heterocycles. The van der Waals surface area contributed by atoms with Crippen molar-refractivity contribution in [3.8, 4) is 5.75 Å². The standard InChI is InChI=1S/C24H21N3O4/c1-30-19-12-10-18(11-13-19)22(28)24(23(29)26-16-17-7-3-2-4-8-17)15-21(27-31-24)20-9-5-6-14-25-20/h2-14H,15-16H2,1H3,(H,26,29). The fraction of sp³-hybridized carbons (Fsp3) is 0.167. The largest absolute Gasteiger partial charge is 0.497 e. The van der Waals surface area contributed by atoms with Crippen LogP contribution in [0.15, 0.2) is 84.1 Å². The lowest BCUT2D eigenvalue weighted by molar-refractivity contribution is -0.138. The molecule has 1 aliphatic heterocycles. The first-order valence-corrected chi connectivity index (χ1v) is 9.80. The van der Waals surface area contributed by atoms with Crippen molar-refractivity contribution in [1.82, 2.24) is 10.3 Å². The monoisotopic (exact) mass is 415 g/mol. The van der Waals surface area contributed by atoms with Crippen LogP contribution < -0.4 is 10.1 Å². The summed E-state index contributed by atoms with van der Waals surface area (Å²) in [6.07, 6.45) is 1.61. The highest BCUT2D eigenvalue weighted by Gasteiger charge is 2.53. The minimum atomic E-state index is -1.81. The van der Waals surface area contributed by atoms with E-state index in [1.807, 2.05) is 36.4 Å². The Kier molecular flexibility index (Phi) is 5.75. The lowest BCUT2D eigenvalue weighted by atomic mass is 9.86. The molecule has 3 aromatic rings. The van der Waals surface area contributed by atoms with E-state index in [1.54, 1.807) is 49.7 Å². The van der Waals surface area contributed by atoms with Crippen molar-refractivity contribution in [2.75, 3.05) is 7.11 Å². The van der Waals surface area contributed by atoms with Crippen LogP contribution in [0.1, 0.15) is 28.0 Å². The van der Waals surface area contributed by atoms with E-state index in [4.69, 9.17) is 9.57 Å². The number of oxime groups is 1. The molecule has 0 radical (unpaired) electrons. The molecule has 4 rings (SSSR count). The lowest BCUT2D eigenvalue weighted by Gasteiger charge is -2.24. The molecule has 0 saturated carbocycles. The quantitative estimate of drug-likeness (QED) is 0.473. The maximum atomic E-state index is 13.5. The van der Waals surface area contributed by atoms with Gasteiger partial charge in [-0.05, 0) is 42.0 Å². The highest BCUT2D eigenvalue weighted by Crippen LogP contribution is 2.31. The van der Waals surface area contributed by atoms with Crippen molar-refractivity contribution < 1.29 is 19.2 Å². The van der Waals surface area contributed by atoms with E-state index in [2.05, 4.69) is 15.5 Å². The van der Waals surface area contributed by atoms with Gasteiger partial charge in [0.15, 0.2) is 0 Å². The fourth-order valence-corrected chi connectivity index (χ4v) is 3.35. The van der Waals surface area contributed by atoms with Crippen molar-refractivity contribution >= 4 is 17.4 Å². The summed E-state index contributed by atoms with van der Waals surface area (Å²) in [7, 11) is 1.54. The van der Waals surface area contributed by atoms with E-state index in [9.17, 15) is 9.59 Å². The van der Waals surface area contributed by atoms with Gasteiger partial charge in [-0.3, -0.25) is 14.6 Å². The lowest BCUT2D eigenvalue weighted by Crippen LogP contribution is -2.52. The second-order valence-corrected chi connectivity index (χ2v) is 7.07. The molecule has 0 fully saturated rings. The summed E-state index contributed by atoms with van der Waals surface area (Å²) in [5, 5.41) is 6.89. The number of ether oxygens (including phenoxy) is 1. The van der Waals surface area contributed by atoms with Gasteiger partial charge in [0.25, 0.3) is 11.5 Å². The van der Waals surface area contributed by atoms with Gasteiger partial charge in [-0.25, -0.2) is 0 Å². The Balaban J connectivity index is 1.62. The summed E-state index contributed by atoms with van der Waals surface area (Å²) in [6, 6.07) is 21.3. The number of aromatic nitrogens is 1. The smallest absolute Gasteiger partial charge is 0.282 e. The first kappa shape index (κ1) is 20.3. The maximum absolute atomic E-state index is 13.5. The Morgan fingerprint density at radius 3 is 2.45 bits per heavy atom. The molecule has 2 aromatic carbocycles. The van der Waals surface area contributed by atoms with E-state index in [0.717, 1.165) is 5.56 Å². The SMILES string of the molecule is COc1ccc(C(=O)C2(C(=O)NCc3ccccc3)CC(c3ccccn3)=NO2)cc1. The van der Waals surface area contributed by atoms with E-state index in [1.165, 1.54) is 0 Å². The third-order valence-electron chi connectivity index (χ3n) is 5.07. The molecule has 0 spiro atoms. The number of carbonyl (C=O) groups is 2. The van der Waals surface area contributed by atoms with Gasteiger partial charge >= 0.3 is 0 Å². The van der Waals surface area contributed by atoms with Crippen LogP contribution in [0.25, 0.3) is 0 Å². The number of amides is 1. The maximum Gasteiger partial charge on any atom is 0.282 e. The predicted molar refractivity (Wildman–Crippen MR) is 115 cm³/mol. The molecule has 1 amide bonds. The summed E-state index contributed by atoms with van der Waals surface area (Å²) < 4.78 is 5.16. The Morgan fingerprint density at radius 1 is 1.03 bits per heavy atom. The number of hydrogen-bond donors (Lipinski definition) is 1. The van der Waals surface area contributed by atoms with Crippen molar-refractivity contribution in [2.24, 2.45) is 5.16 Å². The van der Waals surface area contributed by atoms with E-state index in [-0.39, 0.29) is 13.0 Å². The molecular weight excluding hydrogens is 394 g/mol. The van der Waals surface area contributed by atoms with Crippen LogP contribution in [0.5, 0.6) is 5.75 Å². The molecule has 7 nitrogen and oxygen atoms in total. The number of methoxy groups -OCH3 is 1. The van der Waals surface area contributed by atoms with Crippen LogP contribution >= 0.6 is 0 Å². The topological polar surface area (TPSA) is 89.9 Å². The fourth-order valence-electron chi connectivity index (χ4n) is 3.35. The summed E-state index contributed by atoms with van der Waals surface area (Å²) in [6.45, 7) is 0.263. The van der Waals surface area contributed by atoms with Crippen molar-refractivity contribution in [3.63, 3.8) is 0 Å². The highest BCUT2D eigenvalue weighted by molar-refractivity contribution is 6.21. The molecule has 1 unspecified atom stereocenters. The molecule has 156 valence electrons. The number of hydrogen-bond acceptors (Lipinski definition) is 6. The van der Waals surface area contributed by atoms with Crippen LogP contribution in [0.3, 0.4) is 0 Å². The Morgan fingerprint density at radius 2 is 1.77 bits per heavy atom. The minimum absolute atomic E-state index is 0.0184. The van der Waals surface area contributed by atoms with Crippen molar-refractivity contribution in [1.29, 1.82) is 0 Å². The van der Waals surface area contributed by atoms with Gasteiger partial charge in [0.05, 0.1) is 19.2 Å². The highest BCUT2D eigenvalue weighted by atomic mass is 16.7. The Hall–Kier alpha value is -4.00. The van der Waals surface area contributed by atoms with Gasteiger partial charge in [-0.2, -0.15) is 0 Å². The number of nitrogens with zero attached hydrogens (tertiary/aromatic N) is 2. The van der Waals surface area contributed by atoms with Gasteiger partial charge < -0.3 is 14.9 Å². The second kappa shape index (κ2) is 8.79. The van der Waals surface area contributed by atoms with Gasteiger partial charge in [0.1, 0.15) is 11.5 Å². The number of pyridine rings is 1. The first-order chi connectivity index (χ1) is 15.1. The number of ketones is 1. The third kappa shape index (κ3) is 4.16. The summed E-state index contributed by atoms with van der Waals surface area (Å²) >= 11 is 0. The van der Waals surface area contributed by atoms with E-state index < -0.39 is 17.3 Å². The number of benzene rings is 2. The van der Waals surface area contributed by atoms with Crippen LogP contribution in [0.4, 0.5) is 0 Å². The molecule has 0 saturated heterocycles. The van der Waals surface area contributed by atoms with Gasteiger partial charge in [0, 0.05) is 18.3 Å². The zero-order chi connectivity index (χ0) is 21.7. The molecule has 1 aliphatic rings. The first-order valence-electron chi connectivity index (χ1n) is 9.80. The van der Waals surface area contributed by atoms with Gasteiger partial charge in [-0.1, -0.05) is 41.6 Å². The average Bonchev–Trinajstić information content (AvgIpc) is 3.30. The Labute approximate surface area is 179 Å². The zero-order valence-electron chi connectivity index (χ0n) is 16.9. The van der Waals surface area contributed by atoms with Gasteiger partial charge in [0.2, 0.25) is 5.78 Å². The summed E-state index contributed by atoms with van der Waals surface area (Å²) in [4.78, 5) is 36.6. The van der Waals surface area contributed by atoms with Crippen LogP contribution in [-0.4, -0.2) is 35.1 Å². The zero-order valence-corrected chi connectivity index (χ0v) is 16.9. The predicted octanol–water partition coefficient (Wildman–Crippen LogP) is 3.15. The minimum Gasteiger partial charge on any atom is -0.497 e. The molecule has 31 heavy (non-hydrogen) atoms. The van der Waals surface area contributed by atoms with Crippen molar-refractivity contribution in [2.45, 2.75) is 18.6 Å². The van der Waals surface area contributed by atoms with Gasteiger partial charge in [-0.15, -0.1) is 0 Å². The number of Topliss-reactive ketones (excluding diaryl/α,β-unsaturated/α-hetero) is 1. The van der Waals surface area contributed by atoms with Crippen LogP contribution in [0.2, 0.25) is 0 Å². The molecule has 1 aromatic heterocycles. The molecule has 0 aliphatic carbocycles. The number of nitrogens with one attached hydrogen (secondary N) is 1. The molecule has 7 heteroatoms. The summed E-state index contributed by atoms with van der Waals surface area (Å²) in [5.41, 5.74) is 0.427. The van der Waals surface area contributed by atoms with Crippen LogP contribution in [0, 0.1) is 0 Å². The molecule has 1 atom stereocenters. The van der Waals surface area contributed by atoms with Crippen molar-refractivity contribution in [3.05, 3.63) is 95.8 Å². The third-order valence-corrected chi connectivity index (χ3v) is 5.07. The average molecular weight is 415 g/mol. The number of carbonyl (C=O) groups excluding carboxylic acids is 2. The summed E-state index contributed by atoms with van der Waals surface area (Å²) in [5.74, 6) is -0.417. The van der Waals surface area contributed by atoms with E-state index >= 15 is 0 Å². The molecule has 0 bridgehead atoms. The van der Waals surface area contributed by atoms with Crippen LogP contribution in [-0.2, 0) is 16.2 Å². The second-order valence-electron chi connectivity index (χ2n) is 7.07. The molecular formula is C24H21N3O4. The number of rotatable bonds is 7. The van der Waals surface area contributed by atoms with E-state index in [0.29, 0.717) is 22.7 Å². The Bertz CT molecular complexity index is 1100. The normalized spacial score (nSPS) is 17.4.